The van der Waals surface area contributed by atoms with Crippen molar-refractivity contribution in [3.05, 3.63) is 40.4 Å². The second-order valence-corrected chi connectivity index (χ2v) is 7.67. The van der Waals surface area contributed by atoms with Crippen molar-refractivity contribution >= 4 is 41.1 Å². The summed E-state index contributed by atoms with van der Waals surface area (Å²) in [5, 5.41) is 21.1. The van der Waals surface area contributed by atoms with Gasteiger partial charge in [-0.1, -0.05) is 23.4 Å². The number of thiazole rings is 1. The lowest BCUT2D eigenvalue weighted by Crippen LogP contribution is -2.54. The van der Waals surface area contributed by atoms with Crippen molar-refractivity contribution in [2.24, 2.45) is 10.9 Å². The average Bonchev–Trinajstić information content (AvgIpc) is 3.16. The van der Waals surface area contributed by atoms with Gasteiger partial charge in [0.05, 0.1) is 5.94 Å². The quantitative estimate of drug-likeness (QED) is 0.194. The van der Waals surface area contributed by atoms with Crippen molar-refractivity contribution in [2.45, 2.75) is 19.3 Å². The van der Waals surface area contributed by atoms with E-state index in [1.165, 1.54) is 5.38 Å². The second-order valence-electron chi connectivity index (χ2n) is 6.78. The van der Waals surface area contributed by atoms with E-state index in [4.69, 9.17) is 21.0 Å². The molecule has 0 radical (unpaired) electrons. The molecule has 13 heteroatoms. The fraction of sp³-hybridized carbons (Fsp3) is 0.333. The Hall–Kier alpha value is -3.16. The molecule has 0 aliphatic carbocycles. The number of oxime groups is 1. The summed E-state index contributed by atoms with van der Waals surface area (Å²) in [7, 11) is -1.25. The molecule has 1 aromatic carbocycles. The maximum absolute atomic E-state index is 12.9. The van der Waals surface area contributed by atoms with Crippen LogP contribution in [0.4, 0.5) is 5.13 Å². The molecule has 1 atom stereocenters. The highest BCUT2D eigenvalue weighted by molar-refractivity contribution is 7.13. The van der Waals surface area contributed by atoms with Crippen LogP contribution in [0, 0.1) is 6.92 Å². The van der Waals surface area contributed by atoms with E-state index < -0.39 is 31.5 Å². The Morgan fingerprint density at radius 2 is 2.29 bits per heavy atom. The van der Waals surface area contributed by atoms with Crippen molar-refractivity contribution in [2.75, 3.05) is 25.4 Å². The number of nitrogens with two attached hydrogens (primary N) is 2. The lowest BCUT2D eigenvalue weighted by Gasteiger charge is -2.29. The molecule has 3 rings (SSSR count). The monoisotopic (exact) mass is 446 g/mol. The largest absolute Gasteiger partial charge is 0.547 e. The molecule has 1 aliphatic rings. The molecule has 0 saturated carbocycles. The van der Waals surface area contributed by atoms with Crippen molar-refractivity contribution < 1.29 is 24.1 Å². The van der Waals surface area contributed by atoms with E-state index in [0.29, 0.717) is 18.7 Å². The van der Waals surface area contributed by atoms with Gasteiger partial charge < -0.3 is 36.6 Å². The van der Waals surface area contributed by atoms with Crippen LogP contribution in [0.15, 0.2) is 28.7 Å². The third kappa shape index (κ3) is 5.72. The molecule has 31 heavy (non-hydrogen) atoms. The molecule has 0 bridgehead atoms. The first kappa shape index (κ1) is 22.5. The molecule has 0 saturated heterocycles. The molecule has 2 amide bonds. The summed E-state index contributed by atoms with van der Waals surface area (Å²) in [5.41, 5.74) is 12.7. The minimum absolute atomic E-state index is 0.179. The SMILES string of the molecule is Cc1cccc2c1OB(O)[C@@H](NC(=O)/C(=N\OCC(=O)NCCN)c1csc(N)n1)C2. The fourth-order valence-corrected chi connectivity index (χ4v) is 3.51. The van der Waals surface area contributed by atoms with Gasteiger partial charge in [0.25, 0.3) is 11.8 Å². The number of carbonyl (C=O) groups excluding carboxylic acids is 2. The third-order valence-electron chi connectivity index (χ3n) is 4.43. The van der Waals surface area contributed by atoms with Crippen LogP contribution < -0.4 is 26.8 Å². The number of benzene rings is 1. The van der Waals surface area contributed by atoms with E-state index in [-0.39, 0.29) is 23.1 Å². The van der Waals surface area contributed by atoms with Crippen LogP contribution in [0.1, 0.15) is 16.8 Å². The lowest BCUT2D eigenvalue weighted by atomic mass is 9.72. The summed E-state index contributed by atoms with van der Waals surface area (Å²) < 4.78 is 5.59. The van der Waals surface area contributed by atoms with Gasteiger partial charge in [0.15, 0.2) is 17.5 Å². The highest BCUT2D eigenvalue weighted by Crippen LogP contribution is 2.29. The molecule has 7 N–H and O–H groups in total. The summed E-state index contributed by atoms with van der Waals surface area (Å²) in [5.74, 6) is -1.21. The first-order chi connectivity index (χ1) is 14.9. The number of anilines is 1. The van der Waals surface area contributed by atoms with Gasteiger partial charge in [-0.15, -0.1) is 11.3 Å². The summed E-state index contributed by atoms with van der Waals surface area (Å²) >= 11 is 1.12. The molecule has 11 nitrogen and oxygen atoms in total. The molecule has 0 fully saturated rings. The topological polar surface area (TPSA) is 174 Å². The summed E-state index contributed by atoms with van der Waals surface area (Å²) in [4.78, 5) is 33.6. The van der Waals surface area contributed by atoms with Crippen LogP contribution >= 0.6 is 11.3 Å². The Morgan fingerprint density at radius 3 is 3.00 bits per heavy atom. The molecular weight excluding hydrogens is 423 g/mol. The Morgan fingerprint density at radius 1 is 1.48 bits per heavy atom. The number of para-hydroxylation sites is 1. The molecule has 0 unspecified atom stereocenters. The number of nitrogens with zero attached hydrogens (tertiary/aromatic N) is 2. The van der Waals surface area contributed by atoms with E-state index in [2.05, 4.69) is 20.8 Å². The number of hydrogen-bond acceptors (Lipinski definition) is 10. The second kappa shape index (κ2) is 10.2. The van der Waals surface area contributed by atoms with Crippen LogP contribution in [0.3, 0.4) is 0 Å². The van der Waals surface area contributed by atoms with Gasteiger partial charge >= 0.3 is 7.12 Å². The Labute approximate surface area is 182 Å². The highest BCUT2D eigenvalue weighted by Gasteiger charge is 2.37. The van der Waals surface area contributed by atoms with Crippen LogP contribution in [0.5, 0.6) is 5.75 Å². The molecular formula is C18H23BN6O5S. The van der Waals surface area contributed by atoms with Gasteiger partial charge in [-0.2, -0.15) is 0 Å². The average molecular weight is 446 g/mol. The maximum atomic E-state index is 12.9. The predicted molar refractivity (Wildman–Crippen MR) is 116 cm³/mol. The van der Waals surface area contributed by atoms with Crippen LogP contribution in [-0.4, -0.2) is 60.3 Å². The van der Waals surface area contributed by atoms with Crippen LogP contribution in [-0.2, 0) is 20.8 Å². The molecule has 164 valence electrons. The molecule has 2 aromatic rings. The smallest absolute Gasteiger partial charge is 0.534 e. The first-order valence-electron chi connectivity index (χ1n) is 9.51. The number of aromatic nitrogens is 1. The van der Waals surface area contributed by atoms with E-state index in [1.807, 2.05) is 25.1 Å². The van der Waals surface area contributed by atoms with Gasteiger partial charge in [-0.3, -0.25) is 9.59 Å². The number of rotatable bonds is 8. The zero-order chi connectivity index (χ0) is 22.4. The van der Waals surface area contributed by atoms with Crippen molar-refractivity contribution in [3.8, 4) is 5.75 Å². The van der Waals surface area contributed by atoms with Gasteiger partial charge in [-0.25, -0.2) is 4.98 Å². The summed E-state index contributed by atoms with van der Waals surface area (Å²) in [6.07, 6.45) is 0.360. The van der Waals surface area contributed by atoms with Crippen molar-refractivity contribution in [1.29, 1.82) is 0 Å². The Bertz CT molecular complexity index is 984. The maximum Gasteiger partial charge on any atom is 0.547 e. The van der Waals surface area contributed by atoms with Crippen molar-refractivity contribution in [1.82, 2.24) is 15.6 Å². The van der Waals surface area contributed by atoms with Crippen LogP contribution in [0.2, 0.25) is 0 Å². The number of amides is 2. The fourth-order valence-electron chi connectivity index (χ4n) is 2.96. The molecule has 2 heterocycles. The minimum Gasteiger partial charge on any atom is -0.534 e. The van der Waals surface area contributed by atoms with Crippen molar-refractivity contribution in [3.63, 3.8) is 0 Å². The molecule has 0 spiro atoms. The normalized spacial score (nSPS) is 15.6. The number of carbonyl (C=O) groups is 2. The summed E-state index contributed by atoms with van der Waals surface area (Å²) in [6.45, 7) is 2.05. The zero-order valence-electron chi connectivity index (χ0n) is 16.8. The molecule has 1 aromatic heterocycles. The van der Waals surface area contributed by atoms with E-state index in [0.717, 1.165) is 22.5 Å². The number of fused-ring (bicyclic) bond motifs is 1. The van der Waals surface area contributed by atoms with E-state index in [1.54, 1.807) is 0 Å². The highest BCUT2D eigenvalue weighted by atomic mass is 32.1. The zero-order valence-corrected chi connectivity index (χ0v) is 17.6. The number of nitrogen functional groups attached to an aromatic ring is 1. The van der Waals surface area contributed by atoms with Gasteiger partial charge in [0.1, 0.15) is 11.4 Å². The van der Waals surface area contributed by atoms with Gasteiger partial charge in [0, 0.05) is 18.5 Å². The van der Waals surface area contributed by atoms with E-state index in [9.17, 15) is 14.6 Å². The van der Waals surface area contributed by atoms with Crippen LogP contribution in [0.25, 0.3) is 0 Å². The number of aryl methyl sites for hydroxylation is 1. The van der Waals surface area contributed by atoms with Gasteiger partial charge in [0.2, 0.25) is 0 Å². The summed E-state index contributed by atoms with van der Waals surface area (Å²) in [6, 6.07) is 5.62. The lowest BCUT2D eigenvalue weighted by molar-refractivity contribution is -0.125. The minimum atomic E-state index is -1.25. The number of nitrogens with one attached hydrogen (secondary N) is 2. The first-order valence-corrected chi connectivity index (χ1v) is 10.4. The number of hydrogen-bond donors (Lipinski definition) is 5. The predicted octanol–water partition coefficient (Wildman–Crippen LogP) is -1.03. The Kier molecular flexibility index (Phi) is 7.44. The van der Waals surface area contributed by atoms with E-state index >= 15 is 0 Å². The standard InChI is InChI=1S/C18H23BN6O5S/c1-10-3-2-4-11-7-13(19(28)30-16(10)11)24-17(27)15(12-9-31-18(21)23-12)25-29-8-14(26)22-6-5-20/h2-4,9,13,28H,5-8,20H2,1H3,(H2,21,23)(H,22,26)(H,24,27)/b25-15-/t13-/m0/s1. The molecule has 1 aliphatic heterocycles. The van der Waals surface area contributed by atoms with Gasteiger partial charge in [-0.05, 0) is 24.5 Å². The third-order valence-corrected chi connectivity index (χ3v) is 5.10. The Balaban J connectivity index is 1.72.